The third kappa shape index (κ3) is 7.44. The Bertz CT molecular complexity index is 1080. The summed E-state index contributed by atoms with van der Waals surface area (Å²) in [5, 5.41) is 3.70. The molecule has 0 aliphatic carbocycles. The summed E-state index contributed by atoms with van der Waals surface area (Å²) in [5.41, 5.74) is 5.07. The second-order valence-corrected chi connectivity index (χ2v) is 8.93. The Kier molecular flexibility index (Phi) is 9.25. The standard InChI is InChI=1S/C28H32ClN3O2/c1-4-32(20-27(33)31(2)3)19-22-7-5-21(6-8-22)17-18-30-28(34)25-11-9-23(10-12-25)24-13-15-26(29)16-14-24/h5-16H,4,17-20H2,1-3H3,(H,30,34). The lowest BCUT2D eigenvalue weighted by Crippen LogP contribution is -2.36. The minimum Gasteiger partial charge on any atom is -0.352 e. The number of carbonyl (C=O) groups excluding carboxylic acids is 2. The summed E-state index contributed by atoms with van der Waals surface area (Å²) in [7, 11) is 3.56. The molecule has 0 fully saturated rings. The largest absolute Gasteiger partial charge is 0.352 e. The highest BCUT2D eigenvalue weighted by Gasteiger charge is 2.11. The van der Waals surface area contributed by atoms with E-state index in [2.05, 4.69) is 41.4 Å². The van der Waals surface area contributed by atoms with Gasteiger partial charge in [-0.2, -0.15) is 0 Å². The number of hydrogen-bond acceptors (Lipinski definition) is 3. The SMILES string of the molecule is CCN(CC(=O)N(C)C)Cc1ccc(CCNC(=O)c2ccc(-c3ccc(Cl)cc3)cc2)cc1. The lowest BCUT2D eigenvalue weighted by atomic mass is 10.0. The van der Waals surface area contributed by atoms with Gasteiger partial charge in [-0.15, -0.1) is 0 Å². The Hall–Kier alpha value is -3.15. The molecule has 2 amide bonds. The fourth-order valence-corrected chi connectivity index (χ4v) is 3.69. The van der Waals surface area contributed by atoms with Crippen molar-refractivity contribution in [3.63, 3.8) is 0 Å². The monoisotopic (exact) mass is 477 g/mol. The quantitative estimate of drug-likeness (QED) is 0.452. The van der Waals surface area contributed by atoms with E-state index in [1.165, 1.54) is 5.56 Å². The molecular weight excluding hydrogens is 446 g/mol. The summed E-state index contributed by atoms with van der Waals surface area (Å²) in [6.07, 6.45) is 0.755. The fourth-order valence-electron chi connectivity index (χ4n) is 3.56. The molecule has 0 aromatic heterocycles. The topological polar surface area (TPSA) is 52.7 Å². The van der Waals surface area contributed by atoms with Gasteiger partial charge in [-0.3, -0.25) is 14.5 Å². The lowest BCUT2D eigenvalue weighted by Gasteiger charge is -2.22. The van der Waals surface area contributed by atoms with E-state index in [1.807, 2.05) is 48.5 Å². The van der Waals surface area contributed by atoms with E-state index in [4.69, 9.17) is 11.6 Å². The van der Waals surface area contributed by atoms with Crippen LogP contribution < -0.4 is 5.32 Å². The molecule has 0 unspecified atom stereocenters. The molecule has 3 aromatic rings. The number of nitrogens with one attached hydrogen (secondary N) is 1. The molecule has 178 valence electrons. The van der Waals surface area contributed by atoms with Crippen LogP contribution in [-0.4, -0.2) is 55.3 Å². The van der Waals surface area contributed by atoms with Crippen LogP contribution in [0.5, 0.6) is 0 Å². The van der Waals surface area contributed by atoms with Crippen molar-refractivity contribution in [2.24, 2.45) is 0 Å². The number of benzene rings is 3. The molecule has 1 N–H and O–H groups in total. The zero-order valence-electron chi connectivity index (χ0n) is 20.1. The molecule has 0 aliphatic heterocycles. The van der Waals surface area contributed by atoms with Gasteiger partial charge in [-0.05, 0) is 59.5 Å². The van der Waals surface area contributed by atoms with Crippen molar-refractivity contribution in [1.29, 1.82) is 0 Å². The average molecular weight is 478 g/mol. The number of rotatable bonds is 10. The van der Waals surface area contributed by atoms with Gasteiger partial charge >= 0.3 is 0 Å². The summed E-state index contributed by atoms with van der Waals surface area (Å²) in [6, 6.07) is 23.6. The van der Waals surface area contributed by atoms with Crippen molar-refractivity contribution < 1.29 is 9.59 Å². The number of amides is 2. The zero-order chi connectivity index (χ0) is 24.5. The summed E-state index contributed by atoms with van der Waals surface area (Å²) < 4.78 is 0. The van der Waals surface area contributed by atoms with Crippen LogP contribution in [-0.2, 0) is 17.8 Å². The molecule has 0 atom stereocenters. The maximum absolute atomic E-state index is 12.5. The van der Waals surface area contributed by atoms with E-state index in [1.54, 1.807) is 19.0 Å². The second-order valence-electron chi connectivity index (χ2n) is 8.50. The van der Waals surface area contributed by atoms with Gasteiger partial charge in [0.05, 0.1) is 6.54 Å². The molecule has 3 rings (SSSR count). The van der Waals surface area contributed by atoms with Crippen molar-refractivity contribution >= 4 is 23.4 Å². The number of halogens is 1. The van der Waals surface area contributed by atoms with Crippen molar-refractivity contribution in [1.82, 2.24) is 15.1 Å². The third-order valence-corrected chi connectivity index (χ3v) is 6.01. The smallest absolute Gasteiger partial charge is 0.251 e. The Morgan fingerprint density at radius 3 is 1.94 bits per heavy atom. The molecule has 0 saturated heterocycles. The number of carbonyl (C=O) groups is 2. The number of likely N-dealkylation sites (N-methyl/N-ethyl adjacent to an activating group) is 2. The predicted molar refractivity (Wildman–Crippen MR) is 139 cm³/mol. The van der Waals surface area contributed by atoms with Crippen LogP contribution in [0, 0.1) is 0 Å². The highest BCUT2D eigenvalue weighted by atomic mass is 35.5. The van der Waals surface area contributed by atoms with Crippen LogP contribution in [0.3, 0.4) is 0 Å². The Morgan fingerprint density at radius 2 is 1.38 bits per heavy atom. The van der Waals surface area contributed by atoms with Crippen LogP contribution in [0.15, 0.2) is 72.8 Å². The summed E-state index contributed by atoms with van der Waals surface area (Å²) in [5.74, 6) is 0.0252. The molecule has 5 nitrogen and oxygen atoms in total. The van der Waals surface area contributed by atoms with Gasteiger partial charge in [0.25, 0.3) is 5.91 Å². The third-order valence-electron chi connectivity index (χ3n) is 5.76. The van der Waals surface area contributed by atoms with Crippen molar-refractivity contribution in [3.05, 3.63) is 94.5 Å². The molecule has 34 heavy (non-hydrogen) atoms. The van der Waals surface area contributed by atoms with E-state index in [0.29, 0.717) is 23.7 Å². The lowest BCUT2D eigenvalue weighted by molar-refractivity contribution is -0.130. The normalized spacial score (nSPS) is 10.9. The maximum atomic E-state index is 12.5. The van der Waals surface area contributed by atoms with Gasteiger partial charge in [-0.25, -0.2) is 0 Å². The number of hydrogen-bond donors (Lipinski definition) is 1. The van der Waals surface area contributed by atoms with Gasteiger partial charge < -0.3 is 10.2 Å². The van der Waals surface area contributed by atoms with E-state index in [9.17, 15) is 9.59 Å². The van der Waals surface area contributed by atoms with Crippen molar-refractivity contribution in [2.45, 2.75) is 19.9 Å². The van der Waals surface area contributed by atoms with E-state index >= 15 is 0 Å². The first-order chi connectivity index (χ1) is 16.4. The summed E-state index contributed by atoms with van der Waals surface area (Å²) >= 11 is 5.95. The minimum atomic E-state index is -0.0802. The first-order valence-corrected chi connectivity index (χ1v) is 11.9. The Morgan fingerprint density at radius 1 is 0.824 bits per heavy atom. The van der Waals surface area contributed by atoms with Gasteiger partial charge in [0, 0.05) is 37.8 Å². The summed E-state index contributed by atoms with van der Waals surface area (Å²) in [6.45, 7) is 4.59. The molecule has 3 aromatic carbocycles. The van der Waals surface area contributed by atoms with Gasteiger partial charge in [0.1, 0.15) is 0 Å². The van der Waals surface area contributed by atoms with Crippen LogP contribution in [0.1, 0.15) is 28.4 Å². The molecule has 0 spiro atoms. The molecule has 6 heteroatoms. The first-order valence-electron chi connectivity index (χ1n) is 11.5. The molecule has 0 saturated carbocycles. The van der Waals surface area contributed by atoms with Crippen LogP contribution in [0.2, 0.25) is 5.02 Å². The Labute approximate surface area is 207 Å². The summed E-state index contributed by atoms with van der Waals surface area (Å²) in [4.78, 5) is 28.2. The highest BCUT2D eigenvalue weighted by Crippen LogP contribution is 2.22. The van der Waals surface area contributed by atoms with Crippen molar-refractivity contribution in [3.8, 4) is 11.1 Å². The Balaban J connectivity index is 1.47. The van der Waals surface area contributed by atoms with E-state index in [-0.39, 0.29) is 11.8 Å². The molecule has 0 radical (unpaired) electrons. The van der Waals surface area contributed by atoms with Gasteiger partial charge in [-0.1, -0.05) is 67.1 Å². The number of nitrogens with zero attached hydrogens (tertiary/aromatic N) is 2. The van der Waals surface area contributed by atoms with Gasteiger partial charge in [0.2, 0.25) is 5.91 Å². The minimum absolute atomic E-state index is 0.0802. The van der Waals surface area contributed by atoms with Crippen LogP contribution in [0.25, 0.3) is 11.1 Å². The molecule has 0 aliphatic rings. The highest BCUT2D eigenvalue weighted by molar-refractivity contribution is 6.30. The average Bonchev–Trinajstić information content (AvgIpc) is 2.85. The second kappa shape index (κ2) is 12.4. The van der Waals surface area contributed by atoms with E-state index in [0.717, 1.165) is 36.2 Å². The maximum Gasteiger partial charge on any atom is 0.251 e. The zero-order valence-corrected chi connectivity index (χ0v) is 20.8. The van der Waals surface area contributed by atoms with Gasteiger partial charge in [0.15, 0.2) is 0 Å². The van der Waals surface area contributed by atoms with Crippen LogP contribution in [0.4, 0.5) is 0 Å². The van der Waals surface area contributed by atoms with Crippen LogP contribution >= 0.6 is 11.6 Å². The first kappa shape index (κ1) is 25.5. The molecular formula is C28H32ClN3O2. The van der Waals surface area contributed by atoms with Crippen molar-refractivity contribution in [2.75, 3.05) is 33.7 Å². The van der Waals surface area contributed by atoms with E-state index < -0.39 is 0 Å². The molecule has 0 bridgehead atoms. The fraction of sp³-hybridized carbons (Fsp3) is 0.286. The predicted octanol–water partition coefficient (Wildman–Crippen LogP) is 4.89. The molecule has 0 heterocycles.